The fourth-order valence-electron chi connectivity index (χ4n) is 3.60. The van der Waals surface area contributed by atoms with E-state index in [0.29, 0.717) is 11.8 Å². The quantitative estimate of drug-likeness (QED) is 0.592. The number of hydrogen-bond acceptors (Lipinski definition) is 5. The van der Waals surface area contributed by atoms with Crippen molar-refractivity contribution in [2.75, 3.05) is 17.2 Å². The molecule has 5 nitrogen and oxygen atoms in total. The Kier molecular flexibility index (Phi) is 4.49. The fourth-order valence-corrected chi connectivity index (χ4v) is 5.20. The summed E-state index contributed by atoms with van der Waals surface area (Å²) in [5, 5.41) is 11.8. The van der Waals surface area contributed by atoms with Gasteiger partial charge in [0.1, 0.15) is 5.82 Å². The van der Waals surface area contributed by atoms with Crippen LogP contribution in [0.15, 0.2) is 46.9 Å². The van der Waals surface area contributed by atoms with Crippen LogP contribution in [0.4, 0.5) is 5.69 Å². The molecule has 0 unspecified atom stereocenters. The maximum Gasteiger partial charge on any atom is 0.237 e. The molecule has 2 aliphatic rings. The van der Waals surface area contributed by atoms with E-state index in [0.717, 1.165) is 36.1 Å². The Hall–Kier alpha value is -2.12. The number of hydrogen-bond donors (Lipinski definition) is 0. The topological polar surface area (TPSA) is 51.0 Å². The Morgan fingerprint density at radius 2 is 2.07 bits per heavy atom. The van der Waals surface area contributed by atoms with Crippen LogP contribution in [0.1, 0.15) is 35.1 Å². The van der Waals surface area contributed by atoms with Crippen molar-refractivity contribution >= 4 is 34.7 Å². The van der Waals surface area contributed by atoms with Crippen LogP contribution in [0.5, 0.6) is 0 Å². The number of carbonyl (C=O) groups excluding carboxylic acids is 1. The normalized spacial score (nSPS) is 15.9. The number of anilines is 1. The van der Waals surface area contributed by atoms with Crippen molar-refractivity contribution in [3.05, 3.63) is 58.0 Å². The number of rotatable bonds is 6. The molecule has 0 N–H and O–H groups in total. The van der Waals surface area contributed by atoms with Gasteiger partial charge in [0.2, 0.25) is 5.91 Å². The monoisotopic (exact) mass is 396 g/mol. The first-order valence-corrected chi connectivity index (χ1v) is 11.1. The van der Waals surface area contributed by atoms with Gasteiger partial charge in [0.25, 0.3) is 0 Å². The number of benzene rings is 1. The molecule has 1 amide bonds. The molecule has 27 heavy (non-hydrogen) atoms. The minimum Gasteiger partial charge on any atom is -0.311 e. The van der Waals surface area contributed by atoms with E-state index in [4.69, 9.17) is 0 Å². The van der Waals surface area contributed by atoms with Gasteiger partial charge in [0.05, 0.1) is 5.75 Å². The number of fused-ring (bicyclic) bond motifs is 1. The largest absolute Gasteiger partial charge is 0.311 e. The van der Waals surface area contributed by atoms with Gasteiger partial charge in [-0.1, -0.05) is 36.0 Å². The molecule has 1 saturated carbocycles. The highest BCUT2D eigenvalue weighted by atomic mass is 32.2. The molecule has 2 aromatic heterocycles. The predicted molar refractivity (Wildman–Crippen MR) is 109 cm³/mol. The van der Waals surface area contributed by atoms with Crippen LogP contribution in [-0.4, -0.2) is 33.0 Å². The smallest absolute Gasteiger partial charge is 0.237 e. The molecule has 0 spiro atoms. The Morgan fingerprint density at radius 3 is 2.89 bits per heavy atom. The number of aromatic nitrogens is 3. The Morgan fingerprint density at radius 1 is 1.19 bits per heavy atom. The van der Waals surface area contributed by atoms with Crippen molar-refractivity contribution in [1.82, 2.24) is 14.8 Å². The van der Waals surface area contributed by atoms with Crippen LogP contribution in [0.2, 0.25) is 0 Å². The van der Waals surface area contributed by atoms with Gasteiger partial charge in [-0.3, -0.25) is 4.79 Å². The molecule has 0 radical (unpaired) electrons. The van der Waals surface area contributed by atoms with E-state index in [1.165, 1.54) is 35.0 Å². The third-order valence-electron chi connectivity index (χ3n) is 5.07. The van der Waals surface area contributed by atoms with Gasteiger partial charge in [-0.05, 0) is 42.3 Å². The molecule has 3 aromatic rings. The minimum absolute atomic E-state index is 0.148. The van der Waals surface area contributed by atoms with E-state index in [2.05, 4.69) is 38.3 Å². The fraction of sp³-hybridized carbons (Fsp3) is 0.350. The van der Waals surface area contributed by atoms with Crippen molar-refractivity contribution < 1.29 is 4.79 Å². The van der Waals surface area contributed by atoms with Crippen molar-refractivity contribution in [1.29, 1.82) is 0 Å². The summed E-state index contributed by atoms with van der Waals surface area (Å²) in [5.41, 5.74) is 2.32. The van der Waals surface area contributed by atoms with Crippen molar-refractivity contribution in [2.45, 2.75) is 36.9 Å². The standard InChI is InChI=1S/C20H20N4OS2/c25-19(23-10-9-14-4-1-2-6-17(14)23)13-27-20-22-21-18(24(20)15-7-8-15)12-16-5-3-11-26-16/h1-6,11,15H,7-10,12-13H2. The summed E-state index contributed by atoms with van der Waals surface area (Å²) in [6, 6.07) is 12.9. The molecule has 7 heteroatoms. The van der Waals surface area contributed by atoms with Crippen LogP contribution >= 0.6 is 23.1 Å². The summed E-state index contributed by atoms with van der Waals surface area (Å²) in [4.78, 5) is 16.0. The molecule has 138 valence electrons. The van der Waals surface area contributed by atoms with Crippen LogP contribution in [0.25, 0.3) is 0 Å². The van der Waals surface area contributed by atoms with Gasteiger partial charge in [-0.25, -0.2) is 0 Å². The van der Waals surface area contributed by atoms with E-state index >= 15 is 0 Å². The Bertz CT molecular complexity index is 962. The molecule has 0 atom stereocenters. The highest BCUT2D eigenvalue weighted by molar-refractivity contribution is 7.99. The third-order valence-corrected chi connectivity index (χ3v) is 6.88. The number of nitrogens with zero attached hydrogens (tertiary/aromatic N) is 4. The lowest BCUT2D eigenvalue weighted by atomic mass is 10.2. The summed E-state index contributed by atoms with van der Waals surface area (Å²) in [6.07, 6.45) is 4.11. The zero-order valence-corrected chi connectivity index (χ0v) is 16.5. The number of amides is 1. The second kappa shape index (κ2) is 7.13. The molecule has 0 bridgehead atoms. The molecule has 1 aliphatic heterocycles. The Balaban J connectivity index is 1.30. The van der Waals surface area contributed by atoms with Crippen molar-refractivity contribution in [2.24, 2.45) is 0 Å². The molecule has 1 fully saturated rings. The van der Waals surface area contributed by atoms with Gasteiger partial charge < -0.3 is 9.47 Å². The maximum atomic E-state index is 12.8. The van der Waals surface area contributed by atoms with Gasteiger partial charge in [-0.15, -0.1) is 21.5 Å². The highest BCUT2D eigenvalue weighted by Gasteiger charge is 2.31. The summed E-state index contributed by atoms with van der Waals surface area (Å²) >= 11 is 3.27. The SMILES string of the molecule is O=C(CSc1nnc(Cc2cccs2)n1C1CC1)N1CCc2ccccc21. The van der Waals surface area contributed by atoms with E-state index < -0.39 is 0 Å². The Labute approximate surface area is 166 Å². The van der Waals surface area contributed by atoms with Gasteiger partial charge in [-0.2, -0.15) is 0 Å². The van der Waals surface area contributed by atoms with Crippen molar-refractivity contribution in [3.63, 3.8) is 0 Å². The van der Waals surface area contributed by atoms with Crippen LogP contribution in [0.3, 0.4) is 0 Å². The predicted octanol–water partition coefficient (Wildman–Crippen LogP) is 3.95. The number of carbonyl (C=O) groups is 1. The van der Waals surface area contributed by atoms with E-state index in [1.54, 1.807) is 11.3 Å². The zero-order valence-electron chi connectivity index (χ0n) is 14.9. The summed E-state index contributed by atoms with van der Waals surface area (Å²) < 4.78 is 2.26. The van der Waals surface area contributed by atoms with Crippen LogP contribution in [-0.2, 0) is 17.6 Å². The average Bonchev–Trinajstić information content (AvgIpc) is 3.10. The second-order valence-corrected chi connectivity index (χ2v) is 8.94. The first-order valence-electron chi connectivity index (χ1n) is 9.27. The maximum absolute atomic E-state index is 12.8. The van der Waals surface area contributed by atoms with E-state index in [-0.39, 0.29) is 5.91 Å². The molecular formula is C20H20N4OS2. The van der Waals surface area contributed by atoms with Gasteiger partial charge >= 0.3 is 0 Å². The first kappa shape index (κ1) is 17.0. The van der Waals surface area contributed by atoms with Gasteiger partial charge in [0.15, 0.2) is 5.16 Å². The third kappa shape index (κ3) is 3.41. The highest BCUT2D eigenvalue weighted by Crippen LogP contribution is 2.39. The summed E-state index contributed by atoms with van der Waals surface area (Å²) in [6.45, 7) is 0.775. The molecular weight excluding hydrogens is 376 g/mol. The minimum atomic E-state index is 0.148. The van der Waals surface area contributed by atoms with Gasteiger partial charge in [0, 0.05) is 29.6 Å². The molecule has 1 aromatic carbocycles. The number of thioether (sulfide) groups is 1. The average molecular weight is 397 g/mol. The van der Waals surface area contributed by atoms with Crippen LogP contribution in [0, 0.1) is 0 Å². The van der Waals surface area contributed by atoms with Crippen LogP contribution < -0.4 is 4.90 Å². The second-order valence-electron chi connectivity index (χ2n) is 6.97. The molecule has 1 aliphatic carbocycles. The summed E-state index contributed by atoms with van der Waals surface area (Å²) in [7, 11) is 0. The molecule has 5 rings (SSSR count). The van der Waals surface area contributed by atoms with E-state index in [1.807, 2.05) is 23.1 Å². The number of thiophene rings is 1. The zero-order chi connectivity index (χ0) is 18.2. The first-order chi connectivity index (χ1) is 13.3. The lowest BCUT2D eigenvalue weighted by Crippen LogP contribution is -2.30. The molecule has 3 heterocycles. The lowest BCUT2D eigenvalue weighted by Gasteiger charge is -2.17. The van der Waals surface area contributed by atoms with E-state index in [9.17, 15) is 4.79 Å². The lowest BCUT2D eigenvalue weighted by molar-refractivity contribution is -0.116. The number of para-hydroxylation sites is 1. The van der Waals surface area contributed by atoms with Crippen molar-refractivity contribution in [3.8, 4) is 0 Å². The molecule has 0 saturated heterocycles. The summed E-state index contributed by atoms with van der Waals surface area (Å²) in [5.74, 6) is 1.56.